The molecule has 0 aromatic heterocycles. The van der Waals surface area contributed by atoms with Crippen LogP contribution >= 0.6 is 0 Å². The van der Waals surface area contributed by atoms with Gasteiger partial charge in [0, 0.05) is 6.07 Å². The highest BCUT2D eigenvalue weighted by molar-refractivity contribution is 5.47. The van der Waals surface area contributed by atoms with E-state index in [0.717, 1.165) is 25.7 Å². The molecule has 0 atom stereocenters. The van der Waals surface area contributed by atoms with Crippen molar-refractivity contribution in [2.45, 2.75) is 37.6 Å². The summed E-state index contributed by atoms with van der Waals surface area (Å²) in [6.45, 7) is 0.453. The Kier molecular flexibility index (Phi) is 4.28. The fourth-order valence-electron chi connectivity index (χ4n) is 2.46. The highest BCUT2D eigenvalue weighted by Crippen LogP contribution is 2.29. The van der Waals surface area contributed by atoms with Crippen molar-refractivity contribution in [1.29, 1.82) is 5.26 Å². The molecule has 19 heavy (non-hydrogen) atoms. The highest BCUT2D eigenvalue weighted by atomic mass is 16.5. The zero-order valence-electron chi connectivity index (χ0n) is 11.3. The van der Waals surface area contributed by atoms with E-state index in [0.29, 0.717) is 23.7 Å². The van der Waals surface area contributed by atoms with E-state index in [-0.39, 0.29) is 5.54 Å². The first-order chi connectivity index (χ1) is 9.17. The monoisotopic (exact) mass is 260 g/mol. The summed E-state index contributed by atoms with van der Waals surface area (Å²) in [6, 6.07) is 7.33. The Bertz CT molecular complexity index is 474. The van der Waals surface area contributed by atoms with Crippen LogP contribution in [0.2, 0.25) is 0 Å². The van der Waals surface area contributed by atoms with Crippen molar-refractivity contribution in [3.05, 3.63) is 23.8 Å². The van der Waals surface area contributed by atoms with E-state index in [1.165, 1.54) is 6.42 Å². The molecule has 0 spiro atoms. The first-order valence-corrected chi connectivity index (χ1v) is 6.67. The summed E-state index contributed by atoms with van der Waals surface area (Å²) >= 11 is 0. The average Bonchev–Trinajstić information content (AvgIpc) is 2.45. The van der Waals surface area contributed by atoms with Crippen LogP contribution in [0.25, 0.3) is 0 Å². The van der Waals surface area contributed by atoms with Gasteiger partial charge in [0.1, 0.15) is 24.2 Å². The molecule has 0 radical (unpaired) electrons. The van der Waals surface area contributed by atoms with Crippen molar-refractivity contribution in [2.24, 2.45) is 5.73 Å². The molecule has 0 amide bonds. The minimum Gasteiger partial charge on any atom is -0.497 e. The molecule has 2 N–H and O–H groups in total. The van der Waals surface area contributed by atoms with E-state index in [4.69, 9.17) is 20.5 Å². The van der Waals surface area contributed by atoms with Gasteiger partial charge in [-0.05, 0) is 25.0 Å². The summed E-state index contributed by atoms with van der Waals surface area (Å²) in [5.41, 5.74) is 6.59. The average molecular weight is 260 g/mol. The fourth-order valence-corrected chi connectivity index (χ4v) is 2.46. The first kappa shape index (κ1) is 13.7. The number of nitrogens with two attached hydrogens (primary N) is 1. The second-order valence-electron chi connectivity index (χ2n) is 5.19. The van der Waals surface area contributed by atoms with Gasteiger partial charge in [-0.15, -0.1) is 0 Å². The van der Waals surface area contributed by atoms with Crippen LogP contribution in [0.5, 0.6) is 11.5 Å². The summed E-state index contributed by atoms with van der Waals surface area (Å²) in [5.74, 6) is 1.24. The predicted molar refractivity (Wildman–Crippen MR) is 73.2 cm³/mol. The topological polar surface area (TPSA) is 68.3 Å². The maximum Gasteiger partial charge on any atom is 0.140 e. The lowest BCUT2D eigenvalue weighted by molar-refractivity contribution is 0.173. The lowest BCUT2D eigenvalue weighted by Crippen LogP contribution is -2.47. The summed E-state index contributed by atoms with van der Waals surface area (Å²) < 4.78 is 10.9. The molecule has 0 aliphatic heterocycles. The second kappa shape index (κ2) is 5.94. The zero-order valence-corrected chi connectivity index (χ0v) is 11.3. The summed E-state index contributed by atoms with van der Waals surface area (Å²) in [5, 5.41) is 9.08. The lowest BCUT2D eigenvalue weighted by atomic mass is 9.83. The Balaban J connectivity index is 2.07. The third-order valence-electron chi connectivity index (χ3n) is 3.67. The maximum atomic E-state index is 9.08. The Morgan fingerprint density at radius 2 is 2.05 bits per heavy atom. The summed E-state index contributed by atoms with van der Waals surface area (Å²) in [7, 11) is 1.59. The largest absolute Gasteiger partial charge is 0.497 e. The molecule has 1 aromatic carbocycles. The van der Waals surface area contributed by atoms with Crippen molar-refractivity contribution in [2.75, 3.05) is 13.7 Å². The molecule has 1 aliphatic carbocycles. The standard InChI is InChI=1S/C15H20N2O2/c1-18-13-6-5-12(10-16)14(9-13)19-11-15(17)7-3-2-4-8-15/h5-6,9H,2-4,7-8,11,17H2,1H3. The highest BCUT2D eigenvalue weighted by Gasteiger charge is 2.28. The van der Waals surface area contributed by atoms with Crippen LogP contribution in [0, 0.1) is 11.3 Å². The molecule has 1 fully saturated rings. The van der Waals surface area contributed by atoms with E-state index < -0.39 is 0 Å². The third kappa shape index (κ3) is 3.39. The van der Waals surface area contributed by atoms with E-state index in [2.05, 4.69) is 6.07 Å². The molecule has 1 saturated carbocycles. The van der Waals surface area contributed by atoms with E-state index in [1.807, 2.05) is 0 Å². The van der Waals surface area contributed by atoms with Crippen LogP contribution in [-0.2, 0) is 0 Å². The van der Waals surface area contributed by atoms with Gasteiger partial charge in [0.05, 0.1) is 18.2 Å². The minimum atomic E-state index is -0.256. The van der Waals surface area contributed by atoms with Gasteiger partial charge in [-0.25, -0.2) is 0 Å². The van der Waals surface area contributed by atoms with Gasteiger partial charge in [-0.2, -0.15) is 5.26 Å². The van der Waals surface area contributed by atoms with Crippen LogP contribution in [0.1, 0.15) is 37.7 Å². The van der Waals surface area contributed by atoms with Crippen LogP contribution in [-0.4, -0.2) is 19.3 Å². The molecule has 102 valence electrons. The Hall–Kier alpha value is -1.73. The van der Waals surface area contributed by atoms with Gasteiger partial charge >= 0.3 is 0 Å². The number of nitrogens with zero attached hydrogens (tertiary/aromatic N) is 1. The normalized spacial score (nSPS) is 17.5. The smallest absolute Gasteiger partial charge is 0.140 e. The van der Waals surface area contributed by atoms with E-state index in [1.54, 1.807) is 25.3 Å². The number of hydrogen-bond donors (Lipinski definition) is 1. The van der Waals surface area contributed by atoms with Crippen molar-refractivity contribution in [1.82, 2.24) is 0 Å². The molecule has 0 saturated heterocycles. The second-order valence-corrected chi connectivity index (χ2v) is 5.19. The zero-order chi connectivity index (χ0) is 13.7. The lowest BCUT2D eigenvalue weighted by Gasteiger charge is -2.33. The Morgan fingerprint density at radius 3 is 2.68 bits per heavy atom. The predicted octanol–water partition coefficient (Wildman–Crippen LogP) is 2.61. The first-order valence-electron chi connectivity index (χ1n) is 6.67. The number of rotatable bonds is 4. The van der Waals surface area contributed by atoms with Crippen LogP contribution in [0.15, 0.2) is 18.2 Å². The van der Waals surface area contributed by atoms with Gasteiger partial charge in [0.15, 0.2) is 0 Å². The molecule has 0 heterocycles. The molecule has 2 rings (SSSR count). The molecular weight excluding hydrogens is 240 g/mol. The molecule has 1 aliphatic rings. The van der Waals surface area contributed by atoms with Crippen molar-refractivity contribution >= 4 is 0 Å². The minimum absolute atomic E-state index is 0.256. The van der Waals surface area contributed by atoms with Crippen molar-refractivity contribution in [3.8, 4) is 17.6 Å². The Morgan fingerprint density at radius 1 is 1.32 bits per heavy atom. The van der Waals surface area contributed by atoms with Crippen LogP contribution < -0.4 is 15.2 Å². The number of ether oxygens (including phenoxy) is 2. The van der Waals surface area contributed by atoms with E-state index >= 15 is 0 Å². The number of nitriles is 1. The summed E-state index contributed by atoms with van der Waals surface area (Å²) in [4.78, 5) is 0. The van der Waals surface area contributed by atoms with Gasteiger partial charge in [-0.1, -0.05) is 19.3 Å². The molecule has 1 aromatic rings. The molecule has 4 nitrogen and oxygen atoms in total. The number of hydrogen-bond acceptors (Lipinski definition) is 4. The molecule has 4 heteroatoms. The SMILES string of the molecule is COc1ccc(C#N)c(OCC2(N)CCCCC2)c1. The van der Waals surface area contributed by atoms with Gasteiger partial charge in [0.25, 0.3) is 0 Å². The van der Waals surface area contributed by atoms with Crippen molar-refractivity contribution in [3.63, 3.8) is 0 Å². The van der Waals surface area contributed by atoms with Gasteiger partial charge in [0.2, 0.25) is 0 Å². The van der Waals surface area contributed by atoms with Crippen LogP contribution in [0.3, 0.4) is 0 Å². The molecule has 0 unspecified atom stereocenters. The van der Waals surface area contributed by atoms with Gasteiger partial charge in [-0.3, -0.25) is 0 Å². The van der Waals surface area contributed by atoms with E-state index in [9.17, 15) is 0 Å². The molecular formula is C15H20N2O2. The third-order valence-corrected chi connectivity index (χ3v) is 3.67. The quantitative estimate of drug-likeness (QED) is 0.903. The Labute approximate surface area is 114 Å². The molecule has 0 bridgehead atoms. The van der Waals surface area contributed by atoms with Crippen LogP contribution in [0.4, 0.5) is 0 Å². The van der Waals surface area contributed by atoms with Crippen molar-refractivity contribution < 1.29 is 9.47 Å². The number of benzene rings is 1. The maximum absolute atomic E-state index is 9.08. The fraction of sp³-hybridized carbons (Fsp3) is 0.533. The summed E-state index contributed by atoms with van der Waals surface area (Å²) in [6.07, 6.45) is 5.53. The number of methoxy groups -OCH3 is 1. The van der Waals surface area contributed by atoms with Gasteiger partial charge < -0.3 is 15.2 Å².